The van der Waals surface area contributed by atoms with Crippen LogP contribution in [0.1, 0.15) is 17.2 Å². The Morgan fingerprint density at radius 1 is 1.04 bits per heavy atom. The van der Waals surface area contributed by atoms with Gasteiger partial charge in [-0.25, -0.2) is 8.78 Å². The molecule has 3 nitrogen and oxygen atoms in total. The highest BCUT2D eigenvalue weighted by molar-refractivity contribution is 5.29. The minimum absolute atomic E-state index is 0.0534. The average Bonchev–Trinajstić information content (AvgIpc) is 2.50. The van der Waals surface area contributed by atoms with Gasteiger partial charge in [0.1, 0.15) is 5.82 Å². The molecule has 0 aliphatic heterocycles. The average molecular weight is 329 g/mol. The molecular weight excluding hydrogens is 314 g/mol. The normalized spacial score (nSPS) is 12.4. The van der Waals surface area contributed by atoms with Crippen molar-refractivity contribution in [2.45, 2.75) is 19.3 Å². The molecule has 0 bridgehead atoms. The highest BCUT2D eigenvalue weighted by Crippen LogP contribution is 2.20. The Hall–Kier alpha value is -2.12. The lowest BCUT2D eigenvalue weighted by atomic mass is 10.1. The molecule has 2 aromatic carbocycles. The first-order valence-electron chi connectivity index (χ1n) is 6.84. The predicted octanol–water partition coefficient (Wildman–Crippen LogP) is 3.39. The van der Waals surface area contributed by atoms with Gasteiger partial charge in [0, 0.05) is 18.7 Å². The second-order valence-electron chi connectivity index (χ2n) is 4.81. The Kier molecular flexibility index (Phi) is 5.95. The van der Waals surface area contributed by atoms with E-state index >= 15 is 0 Å². The molecule has 23 heavy (non-hydrogen) atoms. The van der Waals surface area contributed by atoms with Gasteiger partial charge in [-0.05, 0) is 23.8 Å². The van der Waals surface area contributed by atoms with Crippen LogP contribution in [0.5, 0.6) is 5.75 Å². The molecule has 2 N–H and O–H groups in total. The van der Waals surface area contributed by atoms with Crippen LogP contribution in [-0.2, 0) is 6.54 Å². The molecule has 0 aliphatic carbocycles. The minimum Gasteiger partial charge on any atom is -0.432 e. The summed E-state index contributed by atoms with van der Waals surface area (Å²) < 4.78 is 55.1. The first-order chi connectivity index (χ1) is 11.0. The first-order valence-corrected chi connectivity index (χ1v) is 6.84. The van der Waals surface area contributed by atoms with Crippen LogP contribution in [0.2, 0.25) is 0 Å². The molecule has 0 saturated heterocycles. The zero-order valence-corrected chi connectivity index (χ0v) is 12.0. The molecule has 0 spiro atoms. The third kappa shape index (κ3) is 4.94. The van der Waals surface area contributed by atoms with Crippen molar-refractivity contribution >= 4 is 0 Å². The van der Waals surface area contributed by atoms with E-state index in [0.29, 0.717) is 5.56 Å². The van der Waals surface area contributed by atoms with Crippen molar-refractivity contribution in [2.24, 2.45) is 0 Å². The molecule has 0 aliphatic rings. The van der Waals surface area contributed by atoms with Crippen LogP contribution in [0.25, 0.3) is 0 Å². The molecule has 0 heterocycles. The van der Waals surface area contributed by atoms with Crippen molar-refractivity contribution in [1.29, 1.82) is 0 Å². The number of ether oxygens (including phenoxy) is 1. The predicted molar refractivity (Wildman–Crippen MR) is 76.1 cm³/mol. The van der Waals surface area contributed by atoms with Crippen molar-refractivity contribution in [3.8, 4) is 5.75 Å². The van der Waals surface area contributed by atoms with Crippen LogP contribution >= 0.6 is 0 Å². The van der Waals surface area contributed by atoms with E-state index in [1.54, 1.807) is 6.07 Å². The number of alkyl halides is 2. The fraction of sp³-hybridized carbons (Fsp3) is 0.250. The van der Waals surface area contributed by atoms with Crippen LogP contribution < -0.4 is 10.1 Å². The van der Waals surface area contributed by atoms with Crippen LogP contribution in [0.3, 0.4) is 0 Å². The van der Waals surface area contributed by atoms with E-state index in [4.69, 9.17) is 0 Å². The molecule has 0 aromatic heterocycles. The molecular formula is C16H15F4NO2. The van der Waals surface area contributed by atoms with Gasteiger partial charge in [0.05, 0.1) is 6.10 Å². The highest BCUT2D eigenvalue weighted by atomic mass is 19.3. The van der Waals surface area contributed by atoms with Crippen LogP contribution in [0.4, 0.5) is 17.6 Å². The molecule has 124 valence electrons. The number of aliphatic hydroxyl groups excluding tert-OH is 1. The number of aliphatic hydroxyl groups is 1. The van der Waals surface area contributed by atoms with E-state index in [2.05, 4.69) is 10.1 Å². The fourth-order valence-electron chi connectivity index (χ4n) is 2.05. The molecule has 0 amide bonds. The van der Waals surface area contributed by atoms with Gasteiger partial charge in [0.2, 0.25) is 0 Å². The third-order valence-electron chi connectivity index (χ3n) is 3.14. The maximum absolute atomic E-state index is 13.5. The molecule has 1 unspecified atom stereocenters. The SMILES string of the molecule is OC(CNCc1ccc(OC(F)F)c(F)c1)c1ccccc1F. The molecule has 2 aromatic rings. The lowest BCUT2D eigenvalue weighted by molar-refractivity contribution is -0.0522. The summed E-state index contributed by atoms with van der Waals surface area (Å²) in [7, 11) is 0. The van der Waals surface area contributed by atoms with Gasteiger partial charge < -0.3 is 15.2 Å². The lowest BCUT2D eigenvalue weighted by Gasteiger charge is -2.13. The van der Waals surface area contributed by atoms with Crippen molar-refractivity contribution in [2.75, 3.05) is 6.54 Å². The van der Waals surface area contributed by atoms with Crippen molar-refractivity contribution in [1.82, 2.24) is 5.32 Å². The van der Waals surface area contributed by atoms with E-state index in [0.717, 1.165) is 12.1 Å². The van der Waals surface area contributed by atoms with Crippen molar-refractivity contribution in [3.63, 3.8) is 0 Å². The Labute approximate surface area is 130 Å². The standard InChI is InChI=1S/C16H15F4NO2/c17-12-4-2-1-3-11(12)14(22)9-21-8-10-5-6-15(13(18)7-10)23-16(19)20/h1-7,14,16,21-22H,8-9H2. The molecule has 0 fully saturated rings. The van der Waals surface area contributed by atoms with E-state index in [9.17, 15) is 22.7 Å². The Bertz CT molecular complexity index is 652. The summed E-state index contributed by atoms with van der Waals surface area (Å²) in [6.07, 6.45) is -1.05. The van der Waals surface area contributed by atoms with Crippen molar-refractivity contribution < 1.29 is 27.4 Å². The number of hydrogen-bond donors (Lipinski definition) is 2. The van der Waals surface area contributed by atoms with E-state index in [1.165, 1.54) is 24.3 Å². The Balaban J connectivity index is 1.89. The fourth-order valence-corrected chi connectivity index (χ4v) is 2.05. The summed E-state index contributed by atoms with van der Waals surface area (Å²) >= 11 is 0. The monoisotopic (exact) mass is 329 g/mol. The van der Waals surface area contributed by atoms with Crippen LogP contribution in [0.15, 0.2) is 42.5 Å². The van der Waals surface area contributed by atoms with Gasteiger partial charge >= 0.3 is 6.61 Å². The third-order valence-corrected chi connectivity index (χ3v) is 3.14. The van der Waals surface area contributed by atoms with Crippen molar-refractivity contribution in [3.05, 3.63) is 65.2 Å². The molecule has 7 heteroatoms. The summed E-state index contributed by atoms with van der Waals surface area (Å²) in [6.45, 7) is -2.86. The van der Waals surface area contributed by atoms with Gasteiger partial charge in [-0.1, -0.05) is 24.3 Å². The van der Waals surface area contributed by atoms with Gasteiger partial charge in [0.15, 0.2) is 11.6 Å². The second kappa shape index (κ2) is 7.94. The van der Waals surface area contributed by atoms with E-state index < -0.39 is 30.1 Å². The largest absolute Gasteiger partial charge is 0.432 e. The van der Waals surface area contributed by atoms with Gasteiger partial charge in [0.25, 0.3) is 0 Å². The van der Waals surface area contributed by atoms with Crippen LogP contribution in [0, 0.1) is 11.6 Å². The smallest absolute Gasteiger partial charge is 0.387 e. The number of halogens is 4. The Morgan fingerprint density at radius 2 is 1.78 bits per heavy atom. The molecule has 2 rings (SSSR count). The number of rotatable bonds is 7. The maximum Gasteiger partial charge on any atom is 0.387 e. The molecule has 0 saturated carbocycles. The first kappa shape index (κ1) is 17.2. The van der Waals surface area contributed by atoms with Gasteiger partial charge in [-0.2, -0.15) is 8.78 Å². The molecule has 1 atom stereocenters. The van der Waals surface area contributed by atoms with E-state index in [-0.39, 0.29) is 18.7 Å². The highest BCUT2D eigenvalue weighted by Gasteiger charge is 2.13. The van der Waals surface area contributed by atoms with Gasteiger partial charge in [-0.3, -0.25) is 0 Å². The van der Waals surface area contributed by atoms with E-state index in [1.807, 2.05) is 0 Å². The molecule has 0 radical (unpaired) electrons. The quantitative estimate of drug-likeness (QED) is 0.765. The lowest BCUT2D eigenvalue weighted by Crippen LogP contribution is -2.21. The zero-order chi connectivity index (χ0) is 16.8. The minimum atomic E-state index is -3.09. The Morgan fingerprint density at radius 3 is 2.43 bits per heavy atom. The van der Waals surface area contributed by atoms with Gasteiger partial charge in [-0.15, -0.1) is 0 Å². The second-order valence-corrected chi connectivity index (χ2v) is 4.81. The summed E-state index contributed by atoms with van der Waals surface area (Å²) in [6, 6.07) is 9.42. The summed E-state index contributed by atoms with van der Waals surface area (Å²) in [5.74, 6) is -1.95. The number of hydrogen-bond acceptors (Lipinski definition) is 3. The zero-order valence-electron chi connectivity index (χ0n) is 12.0. The number of nitrogens with one attached hydrogen (secondary N) is 1. The summed E-state index contributed by atoms with van der Waals surface area (Å²) in [5, 5.41) is 12.7. The maximum atomic E-state index is 13.5. The summed E-state index contributed by atoms with van der Waals surface area (Å²) in [5.41, 5.74) is 0.636. The number of benzene rings is 2. The summed E-state index contributed by atoms with van der Waals surface area (Å²) in [4.78, 5) is 0. The topological polar surface area (TPSA) is 41.5 Å². The van der Waals surface area contributed by atoms with Crippen LogP contribution in [-0.4, -0.2) is 18.3 Å².